The molecule has 0 spiro atoms. The van der Waals surface area contributed by atoms with Gasteiger partial charge in [-0.2, -0.15) is 0 Å². The maximum absolute atomic E-state index is 12.9. The molecular formula is C22H30N4O2. The summed E-state index contributed by atoms with van der Waals surface area (Å²) in [7, 11) is 9.22. The molecule has 2 aromatic carbocycles. The van der Waals surface area contributed by atoms with Crippen LogP contribution in [0, 0.1) is 6.92 Å². The lowest BCUT2D eigenvalue weighted by Gasteiger charge is -2.31. The zero-order valence-electron chi connectivity index (χ0n) is 17.6. The van der Waals surface area contributed by atoms with E-state index in [0.29, 0.717) is 17.8 Å². The molecule has 2 rings (SSSR count). The van der Waals surface area contributed by atoms with Gasteiger partial charge < -0.3 is 20.0 Å². The highest BCUT2D eigenvalue weighted by atomic mass is 16.2. The first kappa shape index (κ1) is 21.4. The second-order valence-electron chi connectivity index (χ2n) is 7.46. The molecule has 0 aliphatic carbocycles. The smallest absolute Gasteiger partial charge is 0.322 e. The summed E-state index contributed by atoms with van der Waals surface area (Å²) in [6.07, 6.45) is 0. The Morgan fingerprint density at radius 2 is 1.61 bits per heavy atom. The van der Waals surface area contributed by atoms with Crippen LogP contribution in [0.5, 0.6) is 0 Å². The van der Waals surface area contributed by atoms with Gasteiger partial charge in [0.15, 0.2) is 0 Å². The minimum atomic E-state index is -0.189. The molecule has 0 aliphatic heterocycles. The average molecular weight is 383 g/mol. The normalized spacial score (nSPS) is 11.8. The van der Waals surface area contributed by atoms with Crippen molar-refractivity contribution >= 4 is 17.6 Å². The molecule has 3 amide bonds. The summed E-state index contributed by atoms with van der Waals surface area (Å²) >= 11 is 0. The Morgan fingerprint density at radius 3 is 2.14 bits per heavy atom. The van der Waals surface area contributed by atoms with E-state index in [1.165, 1.54) is 4.90 Å². The van der Waals surface area contributed by atoms with Crippen LogP contribution in [0.25, 0.3) is 0 Å². The number of nitrogens with one attached hydrogen (secondary N) is 1. The Hall–Kier alpha value is -2.86. The van der Waals surface area contributed by atoms with Gasteiger partial charge in [-0.05, 0) is 50.3 Å². The first-order valence-electron chi connectivity index (χ1n) is 9.26. The lowest BCUT2D eigenvalue weighted by molar-refractivity contribution is 0.0827. The fourth-order valence-corrected chi connectivity index (χ4v) is 3.01. The molecular weight excluding hydrogens is 352 g/mol. The van der Waals surface area contributed by atoms with Crippen molar-refractivity contribution in [2.45, 2.75) is 13.0 Å². The van der Waals surface area contributed by atoms with Crippen molar-refractivity contribution in [1.82, 2.24) is 14.7 Å². The number of benzene rings is 2. The molecule has 6 nitrogen and oxygen atoms in total. The van der Waals surface area contributed by atoms with Gasteiger partial charge in [0.05, 0.1) is 6.04 Å². The number of hydrogen-bond donors (Lipinski definition) is 1. The standard InChI is InChI=1S/C22H30N4O2/c1-16-14-18(21(27)25(4)5)12-13-19(16)23-22(28)26(6)20(15-24(2)3)17-10-8-7-9-11-17/h7-14,20H,15H2,1-6H3,(H,23,28)/t20-/m0/s1. The van der Waals surface area contributed by atoms with Gasteiger partial charge in [0.2, 0.25) is 0 Å². The predicted octanol–water partition coefficient (Wildman–Crippen LogP) is 3.46. The molecule has 2 aromatic rings. The fourth-order valence-electron chi connectivity index (χ4n) is 3.01. The quantitative estimate of drug-likeness (QED) is 0.832. The Morgan fingerprint density at radius 1 is 0.964 bits per heavy atom. The number of amides is 3. The van der Waals surface area contributed by atoms with Crippen molar-refractivity contribution in [3.05, 3.63) is 65.2 Å². The van der Waals surface area contributed by atoms with E-state index < -0.39 is 0 Å². The zero-order valence-corrected chi connectivity index (χ0v) is 17.6. The minimum Gasteiger partial charge on any atom is -0.345 e. The van der Waals surface area contributed by atoms with E-state index in [2.05, 4.69) is 10.2 Å². The highest BCUT2D eigenvalue weighted by Gasteiger charge is 2.23. The molecule has 0 unspecified atom stereocenters. The van der Waals surface area contributed by atoms with Crippen LogP contribution in [-0.2, 0) is 0 Å². The van der Waals surface area contributed by atoms with Gasteiger partial charge in [0.25, 0.3) is 5.91 Å². The van der Waals surface area contributed by atoms with Crippen molar-refractivity contribution < 1.29 is 9.59 Å². The first-order chi connectivity index (χ1) is 13.2. The third-order valence-electron chi connectivity index (χ3n) is 4.63. The zero-order chi connectivity index (χ0) is 20.8. The van der Waals surface area contributed by atoms with Gasteiger partial charge >= 0.3 is 6.03 Å². The monoisotopic (exact) mass is 382 g/mol. The topological polar surface area (TPSA) is 55.9 Å². The van der Waals surface area contributed by atoms with Crippen molar-refractivity contribution in [3.63, 3.8) is 0 Å². The van der Waals surface area contributed by atoms with E-state index >= 15 is 0 Å². The van der Waals surface area contributed by atoms with Gasteiger partial charge in [-0.15, -0.1) is 0 Å². The fraction of sp³-hybridized carbons (Fsp3) is 0.364. The predicted molar refractivity (Wildman–Crippen MR) is 114 cm³/mol. The van der Waals surface area contributed by atoms with Crippen molar-refractivity contribution in [2.24, 2.45) is 0 Å². The SMILES string of the molecule is Cc1cc(C(=O)N(C)C)ccc1NC(=O)N(C)[C@@H](CN(C)C)c1ccccc1. The lowest BCUT2D eigenvalue weighted by atomic mass is 10.1. The average Bonchev–Trinajstić information content (AvgIpc) is 2.66. The molecule has 0 aliphatic rings. The summed E-state index contributed by atoms with van der Waals surface area (Å²) in [5.74, 6) is -0.0618. The molecule has 0 aromatic heterocycles. The van der Waals surface area contributed by atoms with E-state index in [-0.39, 0.29) is 18.0 Å². The second-order valence-corrected chi connectivity index (χ2v) is 7.46. The molecule has 0 saturated heterocycles. The van der Waals surface area contributed by atoms with Crippen LogP contribution in [0.1, 0.15) is 27.5 Å². The molecule has 0 bridgehead atoms. The van der Waals surface area contributed by atoms with E-state index in [9.17, 15) is 9.59 Å². The van der Waals surface area contributed by atoms with E-state index in [1.54, 1.807) is 44.2 Å². The highest BCUT2D eigenvalue weighted by Crippen LogP contribution is 2.23. The van der Waals surface area contributed by atoms with Gasteiger partial charge in [-0.25, -0.2) is 4.79 Å². The third-order valence-corrected chi connectivity index (χ3v) is 4.63. The molecule has 6 heteroatoms. The number of hydrogen-bond acceptors (Lipinski definition) is 3. The molecule has 0 saturated carbocycles. The van der Waals surface area contributed by atoms with Gasteiger partial charge in [0, 0.05) is 38.9 Å². The summed E-state index contributed by atoms with van der Waals surface area (Å²) in [6, 6.07) is 15.0. The number of urea groups is 1. The summed E-state index contributed by atoms with van der Waals surface area (Å²) in [4.78, 5) is 30.3. The summed E-state index contributed by atoms with van der Waals surface area (Å²) < 4.78 is 0. The lowest BCUT2D eigenvalue weighted by Crippen LogP contribution is -2.39. The number of aryl methyl sites for hydroxylation is 1. The van der Waals surface area contributed by atoms with Crippen LogP contribution in [0.15, 0.2) is 48.5 Å². The van der Waals surface area contributed by atoms with E-state index in [4.69, 9.17) is 0 Å². The summed E-state index contributed by atoms with van der Waals surface area (Å²) in [6.45, 7) is 2.60. The molecule has 28 heavy (non-hydrogen) atoms. The highest BCUT2D eigenvalue weighted by molar-refractivity contribution is 5.96. The number of rotatable bonds is 6. The van der Waals surface area contributed by atoms with Crippen LogP contribution >= 0.6 is 0 Å². The van der Waals surface area contributed by atoms with Crippen LogP contribution in [-0.4, -0.2) is 68.4 Å². The van der Waals surface area contributed by atoms with Gasteiger partial charge in [-0.1, -0.05) is 30.3 Å². The second kappa shape index (κ2) is 9.37. The number of carbonyl (C=O) groups is 2. The van der Waals surface area contributed by atoms with E-state index in [1.807, 2.05) is 51.4 Å². The van der Waals surface area contributed by atoms with Crippen LogP contribution in [0.3, 0.4) is 0 Å². The Bertz CT molecular complexity index is 819. The Balaban J connectivity index is 2.19. The van der Waals surface area contributed by atoms with Crippen LogP contribution < -0.4 is 5.32 Å². The molecule has 0 heterocycles. The first-order valence-corrected chi connectivity index (χ1v) is 9.26. The van der Waals surface area contributed by atoms with Crippen molar-refractivity contribution in [2.75, 3.05) is 47.1 Å². The number of carbonyl (C=O) groups excluding carboxylic acids is 2. The van der Waals surface area contributed by atoms with Crippen molar-refractivity contribution in [1.29, 1.82) is 0 Å². The largest absolute Gasteiger partial charge is 0.345 e. The maximum atomic E-state index is 12.9. The van der Waals surface area contributed by atoms with Crippen LogP contribution in [0.4, 0.5) is 10.5 Å². The molecule has 1 N–H and O–H groups in total. The molecule has 150 valence electrons. The maximum Gasteiger partial charge on any atom is 0.322 e. The number of likely N-dealkylation sites (N-methyl/N-ethyl adjacent to an activating group) is 2. The van der Waals surface area contributed by atoms with Gasteiger partial charge in [0.1, 0.15) is 0 Å². The van der Waals surface area contributed by atoms with E-state index in [0.717, 1.165) is 11.1 Å². The van der Waals surface area contributed by atoms with Gasteiger partial charge in [-0.3, -0.25) is 4.79 Å². The number of nitrogens with zero attached hydrogens (tertiary/aromatic N) is 3. The molecule has 1 atom stereocenters. The minimum absolute atomic E-state index is 0.0618. The molecule has 0 fully saturated rings. The summed E-state index contributed by atoms with van der Waals surface area (Å²) in [5.41, 5.74) is 3.23. The molecule has 0 radical (unpaired) electrons. The Kier molecular flexibility index (Phi) is 7.18. The number of anilines is 1. The summed E-state index contributed by atoms with van der Waals surface area (Å²) in [5, 5.41) is 2.97. The Labute approximate surface area is 167 Å². The van der Waals surface area contributed by atoms with Crippen molar-refractivity contribution in [3.8, 4) is 0 Å². The third kappa shape index (κ3) is 5.33. The van der Waals surface area contributed by atoms with Crippen LogP contribution in [0.2, 0.25) is 0 Å².